The van der Waals surface area contributed by atoms with Crippen molar-refractivity contribution in [3.8, 4) is 11.1 Å². The molecule has 0 spiro atoms. The van der Waals surface area contributed by atoms with Crippen molar-refractivity contribution < 1.29 is 13.7 Å². The van der Waals surface area contributed by atoms with Crippen molar-refractivity contribution in [2.24, 2.45) is 10.8 Å². The van der Waals surface area contributed by atoms with Gasteiger partial charge in [-0.25, -0.2) is 13.9 Å². The summed E-state index contributed by atoms with van der Waals surface area (Å²) < 4.78 is 22.2. The fourth-order valence-electron chi connectivity index (χ4n) is 8.49. The molecular weight excluding hydrogens is 519 g/mol. The van der Waals surface area contributed by atoms with Gasteiger partial charge in [-0.1, -0.05) is 17.3 Å². The van der Waals surface area contributed by atoms with E-state index < -0.39 is 11.1 Å². The standard InChI is InChI=1S/C32H33FN6O2/c33-32-16-31(17-32,18-32)28(40)38(23-4-1-3-22(15-23)24-5-2-14-39-26(24)34-20-35-39)19-29-8-11-30(12-9-29,13-10-29)27-36-25(37-41-27)21-6-7-21/h1-5,14-15,20-21H,6-13,16-19H2. The summed E-state index contributed by atoms with van der Waals surface area (Å²) in [4.78, 5) is 25.6. The first-order valence-corrected chi connectivity index (χ1v) is 15.1. The van der Waals surface area contributed by atoms with E-state index in [1.165, 1.54) is 12.8 Å². The topological polar surface area (TPSA) is 89.4 Å². The Bertz CT molecular complexity index is 1660. The third kappa shape index (κ3) is 3.53. The maximum atomic E-state index is 14.6. The Morgan fingerprint density at radius 1 is 1.05 bits per heavy atom. The summed E-state index contributed by atoms with van der Waals surface area (Å²) in [5.74, 6) is 2.30. The number of alkyl halides is 1. The lowest BCUT2D eigenvalue weighted by molar-refractivity contribution is -0.211. The molecule has 0 atom stereocenters. The van der Waals surface area contributed by atoms with Crippen molar-refractivity contribution in [1.82, 2.24) is 24.7 Å². The lowest BCUT2D eigenvalue weighted by atomic mass is 9.41. The number of benzene rings is 1. The molecule has 0 saturated heterocycles. The Morgan fingerprint density at radius 3 is 2.56 bits per heavy atom. The molecule has 0 aliphatic heterocycles. The predicted molar refractivity (Wildman–Crippen MR) is 149 cm³/mol. The molecule has 210 valence electrons. The van der Waals surface area contributed by atoms with E-state index in [4.69, 9.17) is 9.51 Å². The molecule has 8 nitrogen and oxygen atoms in total. The van der Waals surface area contributed by atoms with E-state index >= 15 is 0 Å². The largest absolute Gasteiger partial charge is 0.339 e. The van der Waals surface area contributed by atoms with Gasteiger partial charge in [0.25, 0.3) is 0 Å². The van der Waals surface area contributed by atoms with Crippen molar-refractivity contribution in [2.45, 2.75) is 87.6 Å². The van der Waals surface area contributed by atoms with Crippen LogP contribution in [0.25, 0.3) is 16.8 Å². The van der Waals surface area contributed by atoms with Crippen LogP contribution in [0.2, 0.25) is 0 Å². The number of hydrogen-bond acceptors (Lipinski definition) is 6. The normalized spacial score (nSPS) is 33.4. The first-order chi connectivity index (χ1) is 19.9. The number of nitrogens with zero attached hydrogens (tertiary/aromatic N) is 6. The average Bonchev–Trinajstić information content (AvgIpc) is 3.48. The van der Waals surface area contributed by atoms with Crippen LogP contribution in [-0.2, 0) is 10.2 Å². The van der Waals surface area contributed by atoms with Crippen molar-refractivity contribution in [2.75, 3.05) is 11.4 Å². The lowest BCUT2D eigenvalue weighted by Crippen LogP contribution is -2.71. The minimum Gasteiger partial charge on any atom is -0.339 e. The molecular formula is C32H33FN6O2. The summed E-state index contributed by atoms with van der Waals surface area (Å²) in [5.41, 5.74) is 1.98. The molecule has 3 aromatic heterocycles. The first-order valence-electron chi connectivity index (χ1n) is 15.1. The van der Waals surface area contributed by atoms with Crippen molar-refractivity contribution in [1.29, 1.82) is 0 Å². The Labute approximate surface area is 237 Å². The second-order valence-electron chi connectivity index (χ2n) is 13.9. The second-order valence-corrected chi connectivity index (χ2v) is 13.9. The van der Waals surface area contributed by atoms with Crippen molar-refractivity contribution in [3.05, 3.63) is 60.6 Å². The van der Waals surface area contributed by atoms with E-state index in [1.54, 1.807) is 10.8 Å². The van der Waals surface area contributed by atoms with E-state index in [1.807, 2.05) is 35.4 Å². The summed E-state index contributed by atoms with van der Waals surface area (Å²) in [6.07, 6.45) is 13.0. The molecule has 9 heteroatoms. The zero-order chi connectivity index (χ0) is 27.5. The molecule has 7 fully saturated rings. The summed E-state index contributed by atoms with van der Waals surface area (Å²) >= 11 is 0. The number of rotatable bonds is 7. The Kier molecular flexibility index (Phi) is 4.70. The number of hydrogen-bond donors (Lipinski definition) is 0. The molecule has 4 aromatic rings. The zero-order valence-electron chi connectivity index (χ0n) is 23.1. The van der Waals surface area contributed by atoms with Gasteiger partial charge in [-0.3, -0.25) is 4.79 Å². The molecule has 7 saturated carbocycles. The van der Waals surface area contributed by atoms with Crippen LogP contribution in [0.3, 0.4) is 0 Å². The molecule has 0 unspecified atom stereocenters. The monoisotopic (exact) mass is 552 g/mol. The van der Waals surface area contributed by atoms with Crippen molar-refractivity contribution in [3.63, 3.8) is 0 Å². The van der Waals surface area contributed by atoms with Crippen LogP contribution >= 0.6 is 0 Å². The Hall–Kier alpha value is -3.62. The lowest BCUT2D eigenvalue weighted by Gasteiger charge is -2.65. The van der Waals surface area contributed by atoms with E-state index in [9.17, 15) is 9.18 Å². The van der Waals surface area contributed by atoms with Gasteiger partial charge in [0.15, 0.2) is 11.5 Å². The third-order valence-corrected chi connectivity index (χ3v) is 11.2. The highest BCUT2D eigenvalue weighted by atomic mass is 19.1. The molecule has 0 radical (unpaired) electrons. The molecule has 11 rings (SSSR count). The van der Waals surface area contributed by atoms with Crippen molar-refractivity contribution >= 4 is 17.2 Å². The van der Waals surface area contributed by atoms with Gasteiger partial charge in [0.2, 0.25) is 11.8 Å². The molecule has 7 aliphatic rings. The van der Waals surface area contributed by atoms with Gasteiger partial charge in [0.1, 0.15) is 12.0 Å². The van der Waals surface area contributed by atoms with E-state index in [0.29, 0.717) is 31.7 Å². The number of halogens is 1. The van der Waals surface area contributed by atoms with Gasteiger partial charge < -0.3 is 9.42 Å². The molecule has 4 bridgehead atoms. The molecule has 1 aromatic carbocycles. The average molecular weight is 553 g/mol. The number of pyridine rings is 1. The van der Waals surface area contributed by atoms with Gasteiger partial charge in [-0.2, -0.15) is 10.1 Å². The zero-order valence-corrected chi connectivity index (χ0v) is 23.1. The van der Waals surface area contributed by atoms with Crippen LogP contribution < -0.4 is 4.90 Å². The number of aromatic nitrogens is 5. The van der Waals surface area contributed by atoms with Gasteiger partial charge in [-0.15, -0.1) is 0 Å². The Morgan fingerprint density at radius 2 is 1.83 bits per heavy atom. The number of anilines is 1. The molecule has 1 amide bonds. The number of amides is 1. The number of carbonyl (C=O) groups excluding carboxylic acids is 1. The van der Waals surface area contributed by atoms with E-state index in [0.717, 1.165) is 72.7 Å². The minimum absolute atomic E-state index is 0.0258. The highest BCUT2D eigenvalue weighted by molar-refractivity contribution is 6.01. The van der Waals surface area contributed by atoms with Crippen LogP contribution in [0.1, 0.15) is 88.3 Å². The molecule has 3 heterocycles. The maximum absolute atomic E-state index is 14.6. The Balaban J connectivity index is 1.03. The summed E-state index contributed by atoms with van der Waals surface area (Å²) in [5, 5.41) is 8.60. The molecule has 7 aliphatic carbocycles. The van der Waals surface area contributed by atoms with Crippen LogP contribution in [0.4, 0.5) is 10.1 Å². The van der Waals surface area contributed by atoms with Gasteiger partial charge in [0.05, 0.1) is 5.41 Å². The number of carbonyl (C=O) groups is 1. The summed E-state index contributed by atoms with van der Waals surface area (Å²) in [7, 11) is 0. The molecule has 41 heavy (non-hydrogen) atoms. The highest BCUT2D eigenvalue weighted by Gasteiger charge is 2.73. The minimum atomic E-state index is -1.12. The van der Waals surface area contributed by atoms with Crippen LogP contribution in [0.5, 0.6) is 0 Å². The smallest absolute Gasteiger partial charge is 0.233 e. The van der Waals surface area contributed by atoms with Gasteiger partial charge >= 0.3 is 0 Å². The SMILES string of the molecule is O=C(N(CC12CCC(c3nc(C4CC4)no3)(CC1)CC2)c1cccc(-c2cccn3ncnc23)c1)C12CC(F)(C1)C2. The van der Waals surface area contributed by atoms with Crippen LogP contribution in [0.15, 0.2) is 53.4 Å². The highest BCUT2D eigenvalue weighted by Crippen LogP contribution is 2.70. The van der Waals surface area contributed by atoms with E-state index in [-0.39, 0.29) is 16.7 Å². The van der Waals surface area contributed by atoms with Crippen LogP contribution in [-0.4, -0.2) is 42.9 Å². The first kappa shape index (κ1) is 24.0. The predicted octanol–water partition coefficient (Wildman–Crippen LogP) is 6.17. The van der Waals surface area contributed by atoms with Crippen LogP contribution in [0, 0.1) is 10.8 Å². The second kappa shape index (κ2) is 8.01. The molecule has 0 N–H and O–H groups in total. The summed E-state index contributed by atoms with van der Waals surface area (Å²) in [6.45, 7) is 0.665. The fraction of sp³-hybridized carbons (Fsp3) is 0.531. The van der Waals surface area contributed by atoms with Gasteiger partial charge in [0, 0.05) is 35.3 Å². The number of fused-ring (bicyclic) bond motifs is 4. The summed E-state index contributed by atoms with van der Waals surface area (Å²) in [6, 6.07) is 12.2. The maximum Gasteiger partial charge on any atom is 0.233 e. The van der Waals surface area contributed by atoms with Gasteiger partial charge in [-0.05, 0) is 106 Å². The van der Waals surface area contributed by atoms with E-state index in [2.05, 4.69) is 27.4 Å². The fourth-order valence-corrected chi connectivity index (χ4v) is 8.49. The quantitative estimate of drug-likeness (QED) is 0.272. The third-order valence-electron chi connectivity index (χ3n) is 11.2.